The Kier molecular flexibility index (Phi) is 2.83. The van der Waals surface area contributed by atoms with Crippen LogP contribution >= 0.6 is 11.6 Å². The summed E-state index contributed by atoms with van der Waals surface area (Å²) >= 11 is 5.74. The van der Waals surface area contributed by atoms with E-state index in [1.54, 1.807) is 17.8 Å². The second-order valence-corrected chi connectivity index (χ2v) is 2.96. The van der Waals surface area contributed by atoms with E-state index in [1.807, 2.05) is 6.92 Å². The van der Waals surface area contributed by atoms with Gasteiger partial charge in [0.15, 0.2) is 7.05 Å². The van der Waals surface area contributed by atoms with Gasteiger partial charge in [0.05, 0.1) is 7.11 Å². The highest BCUT2D eigenvalue weighted by Crippen LogP contribution is 2.12. The van der Waals surface area contributed by atoms with E-state index >= 15 is 0 Å². The van der Waals surface area contributed by atoms with Crippen LogP contribution in [0.4, 0.5) is 0 Å². The first-order chi connectivity index (χ1) is 6.06. The van der Waals surface area contributed by atoms with Crippen LogP contribution in [0.25, 0.3) is 0 Å². The van der Waals surface area contributed by atoms with Gasteiger partial charge in [0.25, 0.3) is 0 Å². The van der Waals surface area contributed by atoms with Crippen LogP contribution in [0.5, 0.6) is 0 Å². The van der Waals surface area contributed by atoms with Crippen LogP contribution in [0.1, 0.15) is 16.1 Å². The SMILES string of the molecule is COC(=O)c1cc(C)[n+](C)nc1Cl. The van der Waals surface area contributed by atoms with Gasteiger partial charge >= 0.3 is 5.97 Å². The van der Waals surface area contributed by atoms with Crippen LogP contribution in [-0.2, 0) is 11.8 Å². The molecule has 0 N–H and O–H groups in total. The van der Waals surface area contributed by atoms with Gasteiger partial charge in [0.1, 0.15) is 5.56 Å². The second kappa shape index (κ2) is 3.70. The van der Waals surface area contributed by atoms with Crippen molar-refractivity contribution >= 4 is 17.6 Å². The smallest absolute Gasteiger partial charge is 0.341 e. The first kappa shape index (κ1) is 9.92. The standard InChI is InChI=1S/C8H10ClN2O2/c1-5-4-6(8(12)13-3)7(9)10-11(5)2/h4H,1-3H3/q+1. The van der Waals surface area contributed by atoms with Crippen LogP contribution < -0.4 is 4.68 Å². The predicted octanol–water partition coefficient (Wildman–Crippen LogP) is 0.655. The highest BCUT2D eigenvalue weighted by molar-refractivity contribution is 6.32. The molecule has 70 valence electrons. The van der Waals surface area contributed by atoms with Crippen molar-refractivity contribution in [3.8, 4) is 0 Å². The first-order valence-corrected chi connectivity index (χ1v) is 4.06. The molecule has 0 radical (unpaired) electrons. The number of hydrogen-bond acceptors (Lipinski definition) is 3. The summed E-state index contributed by atoms with van der Waals surface area (Å²) in [6, 6.07) is 1.64. The third kappa shape index (κ3) is 1.95. The molecule has 0 bridgehead atoms. The summed E-state index contributed by atoms with van der Waals surface area (Å²) < 4.78 is 6.13. The molecule has 0 aliphatic rings. The third-order valence-electron chi connectivity index (χ3n) is 1.73. The molecule has 1 heterocycles. The zero-order valence-electron chi connectivity index (χ0n) is 7.67. The number of halogens is 1. The van der Waals surface area contributed by atoms with Crippen LogP contribution in [-0.4, -0.2) is 18.2 Å². The Labute approximate surface area is 81.1 Å². The summed E-state index contributed by atoms with van der Waals surface area (Å²) in [5.41, 5.74) is 1.13. The summed E-state index contributed by atoms with van der Waals surface area (Å²) in [4.78, 5) is 11.1. The Hall–Kier alpha value is -1.16. The van der Waals surface area contributed by atoms with Gasteiger partial charge in [-0.2, -0.15) is 0 Å². The molecule has 0 spiro atoms. The highest BCUT2D eigenvalue weighted by atomic mass is 35.5. The number of hydrogen-bond donors (Lipinski definition) is 0. The molecule has 0 aliphatic carbocycles. The van der Waals surface area contributed by atoms with Gasteiger partial charge in [-0.05, 0) is 0 Å². The van der Waals surface area contributed by atoms with Gasteiger partial charge in [0.2, 0.25) is 10.8 Å². The second-order valence-electron chi connectivity index (χ2n) is 2.61. The monoisotopic (exact) mass is 201 g/mol. The molecule has 1 aromatic rings. The quantitative estimate of drug-likeness (QED) is 0.495. The average Bonchev–Trinajstić information content (AvgIpc) is 2.10. The number of aryl methyl sites for hydroxylation is 2. The van der Waals surface area contributed by atoms with E-state index in [4.69, 9.17) is 11.6 Å². The third-order valence-corrected chi connectivity index (χ3v) is 2.01. The molecular formula is C8H10ClN2O2+. The van der Waals surface area contributed by atoms with Crippen molar-refractivity contribution in [1.82, 2.24) is 5.10 Å². The van der Waals surface area contributed by atoms with Crippen molar-refractivity contribution in [1.29, 1.82) is 0 Å². The summed E-state index contributed by atoms with van der Waals surface area (Å²) in [7, 11) is 3.06. The van der Waals surface area contributed by atoms with E-state index in [0.717, 1.165) is 5.69 Å². The lowest BCUT2D eigenvalue weighted by Crippen LogP contribution is -2.37. The molecule has 0 unspecified atom stereocenters. The lowest BCUT2D eigenvalue weighted by Gasteiger charge is -1.99. The molecule has 1 aromatic heterocycles. The molecule has 0 fully saturated rings. The molecule has 13 heavy (non-hydrogen) atoms. The van der Waals surface area contributed by atoms with Crippen molar-refractivity contribution < 1.29 is 14.2 Å². The molecule has 0 aromatic carbocycles. The van der Waals surface area contributed by atoms with Crippen molar-refractivity contribution in [2.45, 2.75) is 6.92 Å². The van der Waals surface area contributed by atoms with Crippen molar-refractivity contribution in [2.75, 3.05) is 7.11 Å². The number of ether oxygens (including phenoxy) is 1. The number of esters is 1. The fourth-order valence-electron chi connectivity index (χ4n) is 0.879. The van der Waals surface area contributed by atoms with Crippen LogP contribution in [0, 0.1) is 6.92 Å². The first-order valence-electron chi connectivity index (χ1n) is 3.68. The summed E-state index contributed by atoms with van der Waals surface area (Å²) in [6.07, 6.45) is 0. The molecule has 0 saturated carbocycles. The number of carbonyl (C=O) groups excluding carboxylic acids is 1. The van der Waals surface area contributed by atoms with Crippen LogP contribution in [0.3, 0.4) is 0 Å². The molecule has 0 saturated heterocycles. The van der Waals surface area contributed by atoms with Crippen molar-refractivity contribution in [2.24, 2.45) is 7.05 Å². The zero-order valence-corrected chi connectivity index (χ0v) is 8.42. The van der Waals surface area contributed by atoms with Gasteiger partial charge in [-0.1, -0.05) is 16.3 Å². The van der Waals surface area contributed by atoms with E-state index in [1.165, 1.54) is 7.11 Å². The van der Waals surface area contributed by atoms with Gasteiger partial charge in [-0.15, -0.1) is 0 Å². The van der Waals surface area contributed by atoms with E-state index in [9.17, 15) is 4.79 Å². The topological polar surface area (TPSA) is 43.1 Å². The molecular weight excluding hydrogens is 192 g/mol. The maximum absolute atomic E-state index is 11.1. The molecule has 5 heteroatoms. The van der Waals surface area contributed by atoms with Crippen molar-refractivity contribution in [3.63, 3.8) is 0 Å². The summed E-state index contributed by atoms with van der Waals surface area (Å²) in [6.45, 7) is 1.83. The van der Waals surface area contributed by atoms with E-state index in [0.29, 0.717) is 5.56 Å². The van der Waals surface area contributed by atoms with Gasteiger partial charge in [-0.25, -0.2) is 4.79 Å². The Morgan fingerprint density at radius 2 is 2.31 bits per heavy atom. The van der Waals surface area contributed by atoms with Crippen molar-refractivity contribution in [3.05, 3.63) is 22.5 Å². The number of rotatable bonds is 1. The molecule has 4 nitrogen and oxygen atoms in total. The average molecular weight is 202 g/mol. The Balaban J connectivity index is 3.23. The largest absolute Gasteiger partial charge is 0.465 e. The lowest BCUT2D eigenvalue weighted by atomic mass is 10.3. The van der Waals surface area contributed by atoms with Crippen LogP contribution in [0.2, 0.25) is 5.15 Å². The fourth-order valence-corrected chi connectivity index (χ4v) is 1.12. The number of aromatic nitrogens is 2. The molecule has 0 aliphatic heterocycles. The van der Waals surface area contributed by atoms with Gasteiger partial charge in [0, 0.05) is 18.1 Å². The van der Waals surface area contributed by atoms with E-state index in [2.05, 4.69) is 9.84 Å². The Morgan fingerprint density at radius 1 is 1.69 bits per heavy atom. The minimum Gasteiger partial charge on any atom is -0.465 e. The minimum absolute atomic E-state index is 0.153. The molecule has 0 amide bonds. The normalized spacial score (nSPS) is 9.85. The summed E-state index contributed by atoms with van der Waals surface area (Å²) in [5, 5.41) is 4.08. The molecule has 0 atom stereocenters. The fraction of sp³-hybridized carbons (Fsp3) is 0.375. The molecule has 1 rings (SSSR count). The maximum Gasteiger partial charge on any atom is 0.341 e. The zero-order chi connectivity index (χ0) is 10.0. The number of methoxy groups -OCH3 is 1. The Bertz CT molecular complexity index is 352. The highest BCUT2D eigenvalue weighted by Gasteiger charge is 2.17. The van der Waals surface area contributed by atoms with Gasteiger partial charge < -0.3 is 4.74 Å². The summed E-state index contributed by atoms with van der Waals surface area (Å²) in [5.74, 6) is -0.471. The lowest BCUT2D eigenvalue weighted by molar-refractivity contribution is -0.736. The van der Waals surface area contributed by atoms with E-state index in [-0.39, 0.29) is 5.15 Å². The Morgan fingerprint density at radius 3 is 2.85 bits per heavy atom. The number of nitrogens with zero attached hydrogens (tertiary/aromatic N) is 2. The number of carbonyl (C=O) groups is 1. The van der Waals surface area contributed by atoms with Gasteiger partial charge in [-0.3, -0.25) is 0 Å². The van der Waals surface area contributed by atoms with E-state index < -0.39 is 5.97 Å². The predicted molar refractivity (Wildman–Crippen MR) is 46.5 cm³/mol. The minimum atomic E-state index is -0.471. The maximum atomic E-state index is 11.1. The van der Waals surface area contributed by atoms with Crippen LogP contribution in [0.15, 0.2) is 6.07 Å².